The van der Waals surface area contributed by atoms with Gasteiger partial charge >= 0.3 is 5.97 Å². The fourth-order valence-corrected chi connectivity index (χ4v) is 3.54. The number of aryl methyl sites for hydroxylation is 1. The molecule has 0 spiro atoms. The maximum absolute atomic E-state index is 12.5. The first kappa shape index (κ1) is 15.7. The smallest absolute Gasteiger partial charge is 0.311 e. The Bertz CT molecular complexity index is 753. The van der Waals surface area contributed by atoms with Crippen LogP contribution in [0.2, 0.25) is 0 Å². The van der Waals surface area contributed by atoms with Crippen LogP contribution in [0.4, 0.5) is 0 Å². The molecular weight excluding hydrogens is 312 g/mol. The van der Waals surface area contributed by atoms with Gasteiger partial charge in [0.1, 0.15) is 5.01 Å². The highest BCUT2D eigenvalue weighted by atomic mass is 32.1. The molecule has 1 aromatic heterocycles. The summed E-state index contributed by atoms with van der Waals surface area (Å²) >= 11 is 1.57. The van der Waals surface area contributed by atoms with E-state index in [0.29, 0.717) is 18.5 Å². The summed E-state index contributed by atoms with van der Waals surface area (Å²) in [5.41, 5.74) is 1.71. The number of hydrogen-bond acceptors (Lipinski definition) is 4. The number of hydrogen-bond donors (Lipinski definition) is 1. The molecule has 23 heavy (non-hydrogen) atoms. The van der Waals surface area contributed by atoms with Crippen molar-refractivity contribution in [2.75, 3.05) is 13.1 Å². The largest absolute Gasteiger partial charge is 0.481 e. The topological polar surface area (TPSA) is 70.5 Å². The maximum Gasteiger partial charge on any atom is 0.311 e. The third-order valence-electron chi connectivity index (χ3n) is 4.27. The number of rotatable bonds is 3. The SMILES string of the molecule is Cc1csc(-c2ccc(C(=O)N3CC[C@@](C)(C(=O)O)C3)cc2)n1. The van der Waals surface area contributed by atoms with Crippen LogP contribution in [0.1, 0.15) is 29.4 Å². The highest BCUT2D eigenvalue weighted by molar-refractivity contribution is 7.13. The van der Waals surface area contributed by atoms with Gasteiger partial charge < -0.3 is 10.0 Å². The van der Waals surface area contributed by atoms with E-state index in [1.807, 2.05) is 24.4 Å². The molecule has 0 bridgehead atoms. The predicted octanol–water partition coefficient (Wildman–Crippen LogP) is 3.06. The number of benzene rings is 1. The van der Waals surface area contributed by atoms with E-state index in [-0.39, 0.29) is 12.5 Å². The minimum absolute atomic E-state index is 0.114. The lowest BCUT2D eigenvalue weighted by molar-refractivity contribution is -0.147. The summed E-state index contributed by atoms with van der Waals surface area (Å²) in [5.74, 6) is -0.959. The van der Waals surface area contributed by atoms with Crippen molar-refractivity contribution < 1.29 is 14.7 Å². The van der Waals surface area contributed by atoms with Crippen molar-refractivity contribution in [3.05, 3.63) is 40.9 Å². The number of aromatic nitrogens is 1. The molecule has 1 N–H and O–H groups in total. The van der Waals surface area contributed by atoms with Crippen molar-refractivity contribution in [2.45, 2.75) is 20.3 Å². The van der Waals surface area contributed by atoms with Crippen LogP contribution < -0.4 is 0 Å². The van der Waals surface area contributed by atoms with Crippen molar-refractivity contribution in [3.8, 4) is 10.6 Å². The minimum Gasteiger partial charge on any atom is -0.481 e. The summed E-state index contributed by atoms with van der Waals surface area (Å²) in [6, 6.07) is 7.34. The average molecular weight is 330 g/mol. The molecule has 0 aliphatic carbocycles. The Kier molecular flexibility index (Phi) is 3.93. The molecule has 120 valence electrons. The second-order valence-corrected chi connectivity index (χ2v) is 7.07. The third kappa shape index (κ3) is 2.99. The Balaban J connectivity index is 1.75. The zero-order valence-electron chi connectivity index (χ0n) is 13.1. The second-order valence-electron chi connectivity index (χ2n) is 6.21. The maximum atomic E-state index is 12.5. The standard InChI is InChI=1S/C17H18N2O3S/c1-11-9-23-14(18-11)12-3-5-13(6-4-12)15(20)19-8-7-17(2,10-19)16(21)22/h3-6,9H,7-8,10H2,1-2H3,(H,21,22)/t17-/m1/s1. The van der Waals surface area contributed by atoms with E-state index >= 15 is 0 Å². The number of thiazole rings is 1. The Morgan fingerprint density at radius 2 is 2.00 bits per heavy atom. The first-order chi connectivity index (χ1) is 10.9. The van der Waals surface area contributed by atoms with Gasteiger partial charge in [-0.2, -0.15) is 0 Å². The van der Waals surface area contributed by atoms with Crippen molar-refractivity contribution in [1.82, 2.24) is 9.88 Å². The van der Waals surface area contributed by atoms with Gasteiger partial charge in [0.15, 0.2) is 0 Å². The lowest BCUT2D eigenvalue weighted by Gasteiger charge is -2.20. The molecule has 1 amide bonds. The number of carboxylic acids is 1. The number of amides is 1. The van der Waals surface area contributed by atoms with Gasteiger partial charge in [-0.25, -0.2) is 4.98 Å². The van der Waals surface area contributed by atoms with E-state index in [4.69, 9.17) is 0 Å². The Labute approximate surface area is 138 Å². The quantitative estimate of drug-likeness (QED) is 0.939. The highest BCUT2D eigenvalue weighted by Crippen LogP contribution is 2.31. The third-order valence-corrected chi connectivity index (χ3v) is 5.28. The molecule has 1 aliphatic rings. The van der Waals surface area contributed by atoms with E-state index in [1.54, 1.807) is 35.3 Å². The zero-order valence-corrected chi connectivity index (χ0v) is 13.9. The molecule has 3 rings (SSSR count). The van der Waals surface area contributed by atoms with Crippen LogP contribution in [0.5, 0.6) is 0 Å². The molecule has 1 aromatic carbocycles. The van der Waals surface area contributed by atoms with Crippen molar-refractivity contribution >= 4 is 23.2 Å². The van der Waals surface area contributed by atoms with Gasteiger partial charge in [-0.15, -0.1) is 11.3 Å². The summed E-state index contributed by atoms with van der Waals surface area (Å²) < 4.78 is 0. The average Bonchev–Trinajstić information content (AvgIpc) is 3.14. The van der Waals surface area contributed by atoms with E-state index in [2.05, 4.69) is 4.98 Å². The molecule has 0 unspecified atom stereocenters. The highest BCUT2D eigenvalue weighted by Gasteiger charge is 2.42. The number of aliphatic carboxylic acids is 1. The van der Waals surface area contributed by atoms with E-state index in [0.717, 1.165) is 16.3 Å². The van der Waals surface area contributed by atoms with Gasteiger partial charge in [0.05, 0.1) is 5.41 Å². The van der Waals surface area contributed by atoms with Crippen LogP contribution >= 0.6 is 11.3 Å². The molecule has 1 aliphatic heterocycles. The number of nitrogens with zero attached hydrogens (tertiary/aromatic N) is 2. The van der Waals surface area contributed by atoms with Crippen LogP contribution in [0.25, 0.3) is 10.6 Å². The van der Waals surface area contributed by atoms with E-state index in [9.17, 15) is 14.7 Å². The minimum atomic E-state index is -0.845. The predicted molar refractivity (Wildman–Crippen MR) is 88.6 cm³/mol. The van der Waals surface area contributed by atoms with Gasteiger partial charge in [0.2, 0.25) is 0 Å². The number of carbonyl (C=O) groups is 2. The fraction of sp³-hybridized carbons (Fsp3) is 0.353. The van der Waals surface area contributed by atoms with E-state index in [1.165, 1.54) is 0 Å². The number of carboxylic acid groups (broad SMARTS) is 1. The van der Waals surface area contributed by atoms with Gasteiger partial charge in [-0.3, -0.25) is 9.59 Å². The van der Waals surface area contributed by atoms with Crippen LogP contribution in [0.15, 0.2) is 29.6 Å². The Morgan fingerprint density at radius 1 is 1.30 bits per heavy atom. The molecule has 2 heterocycles. The molecule has 2 aromatic rings. The van der Waals surface area contributed by atoms with Crippen molar-refractivity contribution in [3.63, 3.8) is 0 Å². The van der Waals surface area contributed by atoms with Crippen LogP contribution in [-0.4, -0.2) is 40.0 Å². The van der Waals surface area contributed by atoms with Gasteiger partial charge in [-0.1, -0.05) is 12.1 Å². The zero-order chi connectivity index (χ0) is 16.6. The summed E-state index contributed by atoms with van der Waals surface area (Å²) in [7, 11) is 0. The molecule has 1 fully saturated rings. The Morgan fingerprint density at radius 3 is 2.52 bits per heavy atom. The lowest BCUT2D eigenvalue weighted by atomic mass is 9.90. The normalized spacial score (nSPS) is 20.7. The van der Waals surface area contributed by atoms with Crippen LogP contribution in [-0.2, 0) is 4.79 Å². The second kappa shape index (κ2) is 5.77. The summed E-state index contributed by atoms with van der Waals surface area (Å²) in [6.45, 7) is 4.38. The first-order valence-electron chi connectivity index (χ1n) is 7.44. The summed E-state index contributed by atoms with van der Waals surface area (Å²) in [6.07, 6.45) is 0.491. The molecule has 6 heteroatoms. The van der Waals surface area contributed by atoms with Gasteiger partial charge in [0.25, 0.3) is 5.91 Å². The van der Waals surface area contributed by atoms with Crippen LogP contribution in [0, 0.1) is 12.3 Å². The van der Waals surface area contributed by atoms with Crippen LogP contribution in [0.3, 0.4) is 0 Å². The number of carbonyl (C=O) groups excluding carboxylic acids is 1. The Hall–Kier alpha value is -2.21. The summed E-state index contributed by atoms with van der Waals surface area (Å²) in [4.78, 5) is 29.9. The van der Waals surface area contributed by atoms with Crippen molar-refractivity contribution in [2.24, 2.45) is 5.41 Å². The van der Waals surface area contributed by atoms with E-state index < -0.39 is 11.4 Å². The van der Waals surface area contributed by atoms with Gasteiger partial charge in [0, 0.05) is 35.3 Å². The molecule has 1 saturated heterocycles. The molecule has 1 atom stereocenters. The summed E-state index contributed by atoms with van der Waals surface area (Å²) in [5, 5.41) is 12.2. The molecule has 5 nitrogen and oxygen atoms in total. The molecule has 0 saturated carbocycles. The lowest BCUT2D eigenvalue weighted by Crippen LogP contribution is -2.34. The molecule has 0 radical (unpaired) electrons. The number of likely N-dealkylation sites (tertiary alicyclic amines) is 1. The van der Waals surface area contributed by atoms with Gasteiger partial charge in [-0.05, 0) is 32.4 Å². The molecular formula is C17H18N2O3S. The fourth-order valence-electron chi connectivity index (χ4n) is 2.73. The van der Waals surface area contributed by atoms with Crippen molar-refractivity contribution in [1.29, 1.82) is 0 Å². The monoisotopic (exact) mass is 330 g/mol. The first-order valence-corrected chi connectivity index (χ1v) is 8.32.